The van der Waals surface area contributed by atoms with E-state index in [1.165, 1.54) is 6.33 Å². The van der Waals surface area contributed by atoms with Gasteiger partial charge in [-0.15, -0.1) is 0 Å². The summed E-state index contributed by atoms with van der Waals surface area (Å²) in [5.41, 5.74) is -0.453. The van der Waals surface area contributed by atoms with Crippen molar-refractivity contribution in [2.45, 2.75) is 38.8 Å². The summed E-state index contributed by atoms with van der Waals surface area (Å²) < 4.78 is 5.18. The molecule has 90 valence electrons. The van der Waals surface area contributed by atoms with Gasteiger partial charge in [0.05, 0.1) is 18.1 Å². The van der Waals surface area contributed by atoms with Gasteiger partial charge in [0.15, 0.2) is 0 Å². The Balaban J connectivity index is 2.46. The fourth-order valence-electron chi connectivity index (χ4n) is 1.24. The third kappa shape index (κ3) is 3.62. The predicted octanol–water partition coefficient (Wildman–Crippen LogP) is 0.797. The normalized spacial score (nSPS) is 13.5. The first-order valence-electron chi connectivity index (χ1n) is 5.14. The van der Waals surface area contributed by atoms with Gasteiger partial charge < -0.3 is 10.1 Å². The molecule has 1 aromatic heterocycles. The second-order valence-corrected chi connectivity index (χ2v) is 4.30. The Kier molecular flexibility index (Phi) is 4.00. The Labute approximate surface area is 94.8 Å². The zero-order chi connectivity index (χ0) is 12.2. The number of carbonyl (C=O) groups excluding carboxylic acids is 1. The van der Waals surface area contributed by atoms with Gasteiger partial charge >= 0.3 is 0 Å². The summed E-state index contributed by atoms with van der Waals surface area (Å²) in [5, 5.41) is 9.26. The molecule has 0 spiro atoms. The third-order valence-corrected chi connectivity index (χ3v) is 2.36. The van der Waals surface area contributed by atoms with Crippen LogP contribution in [0.5, 0.6) is 0 Å². The SMILES string of the molecule is COC(C)(C)CC(=O)NC(C)c1ncn[nH]1. The highest BCUT2D eigenvalue weighted by Crippen LogP contribution is 2.13. The first-order chi connectivity index (χ1) is 7.44. The van der Waals surface area contributed by atoms with E-state index < -0.39 is 5.60 Å². The average Bonchev–Trinajstić information content (AvgIpc) is 2.69. The topological polar surface area (TPSA) is 79.9 Å². The van der Waals surface area contributed by atoms with Gasteiger partial charge in [0.2, 0.25) is 5.91 Å². The number of ether oxygens (including phenoxy) is 1. The van der Waals surface area contributed by atoms with Gasteiger partial charge in [-0.25, -0.2) is 4.98 Å². The van der Waals surface area contributed by atoms with Crippen molar-refractivity contribution in [3.8, 4) is 0 Å². The summed E-state index contributed by atoms with van der Waals surface area (Å²) >= 11 is 0. The molecule has 16 heavy (non-hydrogen) atoms. The molecule has 0 aliphatic heterocycles. The average molecular weight is 226 g/mol. The highest BCUT2D eigenvalue weighted by Gasteiger charge is 2.22. The number of methoxy groups -OCH3 is 1. The maximum atomic E-state index is 11.7. The van der Waals surface area contributed by atoms with Crippen molar-refractivity contribution in [1.29, 1.82) is 0 Å². The molecule has 6 heteroatoms. The quantitative estimate of drug-likeness (QED) is 0.778. The molecule has 1 heterocycles. The fraction of sp³-hybridized carbons (Fsp3) is 0.700. The van der Waals surface area contributed by atoms with Crippen LogP contribution in [0.2, 0.25) is 0 Å². The molecular formula is C10H18N4O2. The van der Waals surface area contributed by atoms with Crippen LogP contribution in [0.4, 0.5) is 0 Å². The largest absolute Gasteiger partial charge is 0.378 e. The summed E-state index contributed by atoms with van der Waals surface area (Å²) in [7, 11) is 1.59. The molecule has 0 bridgehead atoms. The number of nitrogens with one attached hydrogen (secondary N) is 2. The Hall–Kier alpha value is -1.43. The Morgan fingerprint density at radius 2 is 2.38 bits per heavy atom. The van der Waals surface area contributed by atoms with Crippen LogP contribution in [0.1, 0.15) is 39.1 Å². The summed E-state index contributed by atoms with van der Waals surface area (Å²) in [6.45, 7) is 5.58. The van der Waals surface area contributed by atoms with E-state index in [1.807, 2.05) is 20.8 Å². The second-order valence-electron chi connectivity index (χ2n) is 4.30. The van der Waals surface area contributed by atoms with Crippen LogP contribution in [0.3, 0.4) is 0 Å². The summed E-state index contributed by atoms with van der Waals surface area (Å²) in [6, 6.07) is -0.178. The molecule has 0 fully saturated rings. The molecule has 2 N–H and O–H groups in total. The second kappa shape index (κ2) is 5.07. The number of aromatic amines is 1. The molecule has 1 rings (SSSR count). The van der Waals surface area contributed by atoms with Crippen LogP contribution in [-0.2, 0) is 9.53 Å². The predicted molar refractivity (Wildman–Crippen MR) is 58.6 cm³/mol. The van der Waals surface area contributed by atoms with E-state index in [1.54, 1.807) is 7.11 Å². The Morgan fingerprint density at radius 1 is 1.69 bits per heavy atom. The van der Waals surface area contributed by atoms with Crippen molar-refractivity contribution < 1.29 is 9.53 Å². The number of H-pyrrole nitrogens is 1. The first kappa shape index (κ1) is 12.6. The number of rotatable bonds is 5. The maximum Gasteiger partial charge on any atom is 0.223 e. The van der Waals surface area contributed by atoms with E-state index in [0.717, 1.165) is 0 Å². The standard InChI is InChI=1S/C10H18N4O2/c1-7(9-11-6-12-14-9)13-8(15)5-10(2,3)16-4/h6-7H,5H2,1-4H3,(H,13,15)(H,11,12,14). The lowest BCUT2D eigenvalue weighted by molar-refractivity contribution is -0.126. The van der Waals surface area contributed by atoms with Crippen molar-refractivity contribution in [2.75, 3.05) is 7.11 Å². The molecule has 1 amide bonds. The molecule has 1 atom stereocenters. The van der Waals surface area contributed by atoms with E-state index in [4.69, 9.17) is 4.74 Å². The number of nitrogens with zero attached hydrogens (tertiary/aromatic N) is 2. The maximum absolute atomic E-state index is 11.7. The molecule has 0 aliphatic carbocycles. The van der Waals surface area contributed by atoms with Crippen molar-refractivity contribution in [3.63, 3.8) is 0 Å². The van der Waals surface area contributed by atoms with E-state index >= 15 is 0 Å². The summed E-state index contributed by atoms with van der Waals surface area (Å²) in [4.78, 5) is 15.6. The molecule has 1 aromatic rings. The smallest absolute Gasteiger partial charge is 0.223 e. The van der Waals surface area contributed by atoms with Crippen LogP contribution in [0, 0.1) is 0 Å². The lowest BCUT2D eigenvalue weighted by Gasteiger charge is -2.22. The van der Waals surface area contributed by atoms with Gasteiger partial charge in [-0.1, -0.05) is 0 Å². The number of aromatic nitrogens is 3. The Morgan fingerprint density at radius 3 is 2.88 bits per heavy atom. The van der Waals surface area contributed by atoms with Gasteiger partial charge in [-0.3, -0.25) is 9.89 Å². The van der Waals surface area contributed by atoms with Crippen molar-refractivity contribution in [2.24, 2.45) is 0 Å². The molecular weight excluding hydrogens is 208 g/mol. The van der Waals surface area contributed by atoms with Crippen LogP contribution in [-0.4, -0.2) is 33.8 Å². The van der Waals surface area contributed by atoms with Gasteiger partial charge in [0.1, 0.15) is 12.2 Å². The van der Waals surface area contributed by atoms with Crippen molar-refractivity contribution >= 4 is 5.91 Å². The minimum atomic E-state index is -0.453. The van der Waals surface area contributed by atoms with Gasteiger partial charge in [-0.05, 0) is 20.8 Å². The van der Waals surface area contributed by atoms with Crippen LogP contribution >= 0.6 is 0 Å². The van der Waals surface area contributed by atoms with Crippen molar-refractivity contribution in [1.82, 2.24) is 20.5 Å². The molecule has 6 nitrogen and oxygen atoms in total. The van der Waals surface area contributed by atoms with Gasteiger partial charge in [-0.2, -0.15) is 5.10 Å². The highest BCUT2D eigenvalue weighted by molar-refractivity contribution is 5.77. The van der Waals surface area contributed by atoms with Gasteiger partial charge in [0.25, 0.3) is 0 Å². The van der Waals surface area contributed by atoms with Crippen molar-refractivity contribution in [3.05, 3.63) is 12.2 Å². The minimum Gasteiger partial charge on any atom is -0.378 e. The van der Waals surface area contributed by atoms with Crippen LogP contribution in [0.15, 0.2) is 6.33 Å². The van der Waals surface area contributed by atoms with E-state index in [2.05, 4.69) is 20.5 Å². The third-order valence-electron chi connectivity index (χ3n) is 2.36. The van der Waals surface area contributed by atoms with E-state index in [0.29, 0.717) is 12.2 Å². The fourth-order valence-corrected chi connectivity index (χ4v) is 1.24. The number of hydrogen-bond donors (Lipinski definition) is 2. The summed E-state index contributed by atoms with van der Waals surface area (Å²) in [6.07, 6.45) is 1.72. The molecule has 0 radical (unpaired) electrons. The number of hydrogen-bond acceptors (Lipinski definition) is 4. The van der Waals surface area contributed by atoms with Gasteiger partial charge in [0, 0.05) is 7.11 Å². The molecule has 0 saturated carbocycles. The Bertz CT molecular complexity index is 335. The first-order valence-corrected chi connectivity index (χ1v) is 5.14. The summed E-state index contributed by atoms with van der Waals surface area (Å²) in [5.74, 6) is 0.569. The molecule has 1 unspecified atom stereocenters. The zero-order valence-corrected chi connectivity index (χ0v) is 10.1. The highest BCUT2D eigenvalue weighted by atomic mass is 16.5. The molecule has 0 saturated heterocycles. The number of carbonyl (C=O) groups is 1. The zero-order valence-electron chi connectivity index (χ0n) is 10.1. The molecule has 0 aromatic carbocycles. The van der Waals surface area contributed by atoms with Crippen LogP contribution in [0.25, 0.3) is 0 Å². The van der Waals surface area contributed by atoms with E-state index in [9.17, 15) is 4.79 Å². The lowest BCUT2D eigenvalue weighted by atomic mass is 10.0. The molecule has 0 aliphatic rings. The van der Waals surface area contributed by atoms with Crippen LogP contribution < -0.4 is 5.32 Å². The minimum absolute atomic E-state index is 0.0734. The lowest BCUT2D eigenvalue weighted by Crippen LogP contribution is -2.35. The monoisotopic (exact) mass is 226 g/mol. The van der Waals surface area contributed by atoms with E-state index in [-0.39, 0.29) is 11.9 Å². The number of amides is 1.